The summed E-state index contributed by atoms with van der Waals surface area (Å²) in [6.07, 6.45) is 4.02. The van der Waals surface area contributed by atoms with E-state index in [9.17, 15) is 13.2 Å². The molecule has 2 aromatic rings. The Hall–Kier alpha value is -2.00. The second-order valence-corrected chi connectivity index (χ2v) is 8.70. The molecule has 8 nitrogen and oxygen atoms in total. The highest BCUT2D eigenvalue weighted by Gasteiger charge is 2.31. The Balaban J connectivity index is 1.39. The van der Waals surface area contributed by atoms with E-state index in [1.54, 1.807) is 7.05 Å². The minimum atomic E-state index is -2.93. The van der Waals surface area contributed by atoms with Crippen LogP contribution < -0.4 is 5.32 Å². The van der Waals surface area contributed by atoms with Gasteiger partial charge >= 0.3 is 0 Å². The second-order valence-electron chi connectivity index (χ2n) is 6.47. The third-order valence-corrected chi connectivity index (χ3v) is 6.26. The molecule has 1 aliphatic heterocycles. The molecule has 0 aliphatic carbocycles. The lowest BCUT2D eigenvalue weighted by Gasteiger charge is -2.22. The molecule has 25 heavy (non-hydrogen) atoms. The predicted molar refractivity (Wildman–Crippen MR) is 94.0 cm³/mol. The van der Waals surface area contributed by atoms with E-state index in [2.05, 4.69) is 15.5 Å². The molecule has 0 aromatic carbocycles. The summed E-state index contributed by atoms with van der Waals surface area (Å²) in [7, 11) is -1.13. The number of carbonyl (C=O) groups is 1. The van der Waals surface area contributed by atoms with Crippen molar-refractivity contribution in [3.8, 4) is 0 Å². The van der Waals surface area contributed by atoms with Crippen LogP contribution in [0.25, 0.3) is 5.65 Å². The maximum Gasteiger partial charge on any atom is 0.234 e. The van der Waals surface area contributed by atoms with E-state index >= 15 is 0 Å². The van der Waals surface area contributed by atoms with E-state index in [0.29, 0.717) is 13.0 Å². The van der Waals surface area contributed by atoms with E-state index in [-0.39, 0.29) is 30.0 Å². The molecule has 2 aromatic heterocycles. The average molecular weight is 365 g/mol. The molecule has 0 spiro atoms. The van der Waals surface area contributed by atoms with Crippen LogP contribution in [0, 0.1) is 0 Å². The third-order valence-electron chi connectivity index (χ3n) is 4.51. The van der Waals surface area contributed by atoms with E-state index in [4.69, 9.17) is 0 Å². The van der Waals surface area contributed by atoms with Crippen LogP contribution in [-0.4, -0.2) is 71.5 Å². The van der Waals surface area contributed by atoms with Crippen molar-refractivity contribution >= 4 is 21.4 Å². The van der Waals surface area contributed by atoms with Gasteiger partial charge < -0.3 is 5.32 Å². The van der Waals surface area contributed by atoms with Crippen molar-refractivity contribution in [3.05, 3.63) is 30.2 Å². The SMILES string of the molecule is CN(CC(=O)NCCCc1nnc2ccccn12)C1CCS(=O)(=O)C1. The molecule has 3 heterocycles. The molecule has 1 unspecified atom stereocenters. The van der Waals surface area contributed by atoms with E-state index in [1.807, 2.05) is 33.7 Å². The number of pyridine rings is 1. The molecule has 136 valence electrons. The normalized spacial score (nSPS) is 19.5. The van der Waals surface area contributed by atoms with E-state index in [0.717, 1.165) is 24.3 Å². The van der Waals surface area contributed by atoms with E-state index < -0.39 is 9.84 Å². The molecule has 0 saturated carbocycles. The number of rotatable bonds is 7. The number of carbonyl (C=O) groups excluding carboxylic acids is 1. The van der Waals surface area contributed by atoms with Crippen molar-refractivity contribution in [1.82, 2.24) is 24.8 Å². The number of sulfone groups is 1. The Morgan fingerprint density at radius 1 is 1.40 bits per heavy atom. The van der Waals surface area contributed by atoms with Crippen LogP contribution >= 0.6 is 0 Å². The first-order chi connectivity index (χ1) is 11.9. The number of aromatic nitrogens is 3. The first-order valence-electron chi connectivity index (χ1n) is 8.40. The van der Waals surface area contributed by atoms with Gasteiger partial charge in [0.15, 0.2) is 15.5 Å². The van der Waals surface area contributed by atoms with Crippen LogP contribution in [0.3, 0.4) is 0 Å². The highest BCUT2D eigenvalue weighted by atomic mass is 32.2. The first kappa shape index (κ1) is 17.8. The fourth-order valence-corrected chi connectivity index (χ4v) is 4.88. The third kappa shape index (κ3) is 4.55. The highest BCUT2D eigenvalue weighted by molar-refractivity contribution is 7.91. The summed E-state index contributed by atoms with van der Waals surface area (Å²) in [5.41, 5.74) is 0.815. The number of hydrogen-bond donors (Lipinski definition) is 1. The lowest BCUT2D eigenvalue weighted by atomic mass is 10.2. The van der Waals surface area contributed by atoms with Crippen LogP contribution in [-0.2, 0) is 21.1 Å². The number of amides is 1. The summed E-state index contributed by atoms with van der Waals surface area (Å²) >= 11 is 0. The van der Waals surface area contributed by atoms with Crippen molar-refractivity contribution < 1.29 is 13.2 Å². The molecule has 1 fully saturated rings. The van der Waals surface area contributed by atoms with Crippen molar-refractivity contribution in [1.29, 1.82) is 0 Å². The van der Waals surface area contributed by atoms with Gasteiger partial charge in [-0.05, 0) is 32.0 Å². The van der Waals surface area contributed by atoms with Gasteiger partial charge in [-0.3, -0.25) is 14.1 Å². The maximum atomic E-state index is 12.0. The van der Waals surface area contributed by atoms with Gasteiger partial charge in [0.05, 0.1) is 18.1 Å². The Morgan fingerprint density at radius 2 is 2.24 bits per heavy atom. The minimum absolute atomic E-state index is 0.0573. The van der Waals surface area contributed by atoms with Gasteiger partial charge in [0.1, 0.15) is 5.82 Å². The van der Waals surface area contributed by atoms with Gasteiger partial charge in [-0.15, -0.1) is 10.2 Å². The summed E-state index contributed by atoms with van der Waals surface area (Å²) in [4.78, 5) is 13.8. The van der Waals surface area contributed by atoms with Gasteiger partial charge in [0.25, 0.3) is 0 Å². The molecule has 0 bridgehead atoms. The standard InChI is InChI=1S/C16H23N5O3S/c1-20(13-7-10-25(23,24)12-13)11-16(22)17-8-4-6-15-19-18-14-5-2-3-9-21(14)15/h2-3,5,9,13H,4,6-8,10-12H2,1H3,(H,17,22). The summed E-state index contributed by atoms with van der Waals surface area (Å²) in [6.45, 7) is 0.769. The Kier molecular flexibility index (Phi) is 5.33. The molecule has 1 aliphatic rings. The van der Waals surface area contributed by atoms with Crippen molar-refractivity contribution in [2.24, 2.45) is 0 Å². The minimum Gasteiger partial charge on any atom is -0.355 e. The summed E-state index contributed by atoms with van der Waals surface area (Å²) in [6, 6.07) is 5.69. The molecule has 1 N–H and O–H groups in total. The molecule has 1 atom stereocenters. The number of fused-ring (bicyclic) bond motifs is 1. The van der Waals surface area contributed by atoms with Crippen molar-refractivity contribution in [3.63, 3.8) is 0 Å². The topological polar surface area (TPSA) is 96.7 Å². The second kappa shape index (κ2) is 7.49. The van der Waals surface area contributed by atoms with Crippen molar-refractivity contribution in [2.45, 2.75) is 25.3 Å². The molecular formula is C16H23N5O3S. The van der Waals surface area contributed by atoms with Crippen LogP contribution in [0.5, 0.6) is 0 Å². The first-order valence-corrected chi connectivity index (χ1v) is 10.2. The summed E-state index contributed by atoms with van der Waals surface area (Å²) in [5.74, 6) is 1.16. The lowest BCUT2D eigenvalue weighted by molar-refractivity contribution is -0.122. The maximum absolute atomic E-state index is 12.0. The molecule has 1 amide bonds. The Morgan fingerprint density at radius 3 is 3.00 bits per heavy atom. The quantitative estimate of drug-likeness (QED) is 0.688. The Labute approximate surface area is 147 Å². The van der Waals surface area contributed by atoms with Gasteiger partial charge in [0.2, 0.25) is 5.91 Å². The number of nitrogens with zero attached hydrogens (tertiary/aromatic N) is 4. The fraction of sp³-hybridized carbons (Fsp3) is 0.562. The molecule has 1 saturated heterocycles. The van der Waals surface area contributed by atoms with Crippen LogP contribution in [0.1, 0.15) is 18.7 Å². The van der Waals surface area contributed by atoms with Gasteiger partial charge in [-0.25, -0.2) is 8.42 Å². The smallest absolute Gasteiger partial charge is 0.234 e. The molecule has 0 radical (unpaired) electrons. The summed E-state index contributed by atoms with van der Waals surface area (Å²) < 4.78 is 25.0. The molecular weight excluding hydrogens is 342 g/mol. The lowest BCUT2D eigenvalue weighted by Crippen LogP contribution is -2.41. The largest absolute Gasteiger partial charge is 0.355 e. The van der Waals surface area contributed by atoms with E-state index in [1.165, 1.54) is 0 Å². The highest BCUT2D eigenvalue weighted by Crippen LogP contribution is 2.16. The number of hydrogen-bond acceptors (Lipinski definition) is 6. The van der Waals surface area contributed by atoms with Gasteiger partial charge in [0, 0.05) is 25.2 Å². The summed E-state index contributed by atoms with van der Waals surface area (Å²) in [5, 5.41) is 11.1. The number of nitrogens with one attached hydrogen (secondary N) is 1. The molecule has 9 heteroatoms. The van der Waals surface area contributed by atoms with Crippen molar-refractivity contribution in [2.75, 3.05) is 31.6 Å². The average Bonchev–Trinajstić information content (AvgIpc) is 3.15. The van der Waals surface area contributed by atoms with Crippen LogP contribution in [0.4, 0.5) is 0 Å². The number of likely N-dealkylation sites (N-methyl/N-ethyl adjacent to an activating group) is 1. The van der Waals surface area contributed by atoms with Gasteiger partial charge in [-0.2, -0.15) is 0 Å². The number of aryl methyl sites for hydroxylation is 1. The zero-order chi connectivity index (χ0) is 17.9. The monoisotopic (exact) mass is 365 g/mol. The van der Waals surface area contributed by atoms with Gasteiger partial charge in [-0.1, -0.05) is 6.07 Å². The van der Waals surface area contributed by atoms with Crippen LogP contribution in [0.15, 0.2) is 24.4 Å². The zero-order valence-corrected chi connectivity index (χ0v) is 15.1. The zero-order valence-electron chi connectivity index (χ0n) is 14.3. The Bertz CT molecular complexity index is 848. The fourth-order valence-electron chi connectivity index (χ4n) is 3.07. The predicted octanol–water partition coefficient (Wildman–Crippen LogP) is -0.103. The molecule has 3 rings (SSSR count). The van der Waals surface area contributed by atoms with Crippen LogP contribution in [0.2, 0.25) is 0 Å².